The van der Waals surface area contributed by atoms with E-state index in [0.717, 1.165) is 12.3 Å². The number of H-pyrrole nitrogens is 1. The van der Waals surface area contributed by atoms with Gasteiger partial charge in [-0.2, -0.15) is 8.62 Å². The second kappa shape index (κ2) is 10.0. The Labute approximate surface area is 182 Å². The van der Waals surface area contributed by atoms with Crippen LogP contribution in [-0.4, -0.2) is 70.9 Å². The first kappa shape index (κ1) is 28.4. The van der Waals surface area contributed by atoms with Gasteiger partial charge in [0.1, 0.15) is 18.3 Å². The molecular formula is C10H18N2O17P4. The summed E-state index contributed by atoms with van der Waals surface area (Å²) in [7, 11) is -22.0. The van der Waals surface area contributed by atoms with Gasteiger partial charge in [-0.25, -0.2) is 22.8 Å². The van der Waals surface area contributed by atoms with Crippen LogP contribution in [-0.2, 0) is 40.5 Å². The Balaban J connectivity index is 2.04. The normalized spacial score (nSPS) is 30.6. The van der Waals surface area contributed by atoms with Crippen molar-refractivity contribution in [1.29, 1.82) is 0 Å². The molecule has 1 saturated heterocycles. The smallest absolute Gasteiger partial charge is 0.387 e. The van der Waals surface area contributed by atoms with Gasteiger partial charge in [-0.15, -0.1) is 0 Å². The molecule has 4 unspecified atom stereocenters. The maximum atomic E-state index is 11.9. The molecule has 0 saturated carbocycles. The molecule has 1 fully saturated rings. The highest BCUT2D eigenvalue weighted by Gasteiger charge is 2.47. The van der Waals surface area contributed by atoms with Crippen molar-refractivity contribution in [2.75, 3.05) is 13.3 Å². The summed E-state index contributed by atoms with van der Waals surface area (Å²) in [5, 5.41) is 20.1. The Bertz CT molecular complexity index is 1170. The van der Waals surface area contributed by atoms with E-state index in [0.29, 0.717) is 11.2 Å². The zero-order valence-electron chi connectivity index (χ0n) is 16.1. The molecule has 23 heteroatoms. The maximum Gasteiger partial charge on any atom is 0.490 e. The van der Waals surface area contributed by atoms with Gasteiger partial charge in [0, 0.05) is 18.9 Å². The fourth-order valence-electron chi connectivity index (χ4n) is 2.40. The van der Waals surface area contributed by atoms with E-state index in [2.05, 4.69) is 17.5 Å². The summed E-state index contributed by atoms with van der Waals surface area (Å²) in [4.78, 5) is 61.7. The Morgan fingerprint density at radius 1 is 0.970 bits per heavy atom. The van der Waals surface area contributed by atoms with E-state index in [1.54, 1.807) is 0 Å². The number of hydrogen-bond acceptors (Lipinski definition) is 13. The summed E-state index contributed by atoms with van der Waals surface area (Å²) < 4.78 is 67.1. The number of aliphatic hydroxyl groups is 2. The van der Waals surface area contributed by atoms with E-state index in [9.17, 15) is 47.8 Å². The summed E-state index contributed by atoms with van der Waals surface area (Å²) in [6.07, 6.45) is -5.90. The molecule has 1 aromatic heterocycles. The first-order valence-corrected chi connectivity index (χ1v) is 14.7. The van der Waals surface area contributed by atoms with Crippen LogP contribution in [0.15, 0.2) is 21.9 Å². The molecule has 0 bridgehead atoms. The molecule has 1 aliphatic rings. The van der Waals surface area contributed by atoms with Gasteiger partial charge in [-0.05, 0) is 0 Å². The molecule has 0 radical (unpaired) electrons. The third-order valence-electron chi connectivity index (χ3n) is 3.53. The van der Waals surface area contributed by atoms with Crippen molar-refractivity contribution in [3.63, 3.8) is 0 Å². The third-order valence-corrected chi connectivity index (χ3v) is 9.35. The predicted octanol–water partition coefficient (Wildman–Crippen LogP) is -1.66. The van der Waals surface area contributed by atoms with E-state index >= 15 is 0 Å². The molecule has 190 valence electrons. The highest BCUT2D eigenvalue weighted by atomic mass is 31.3. The van der Waals surface area contributed by atoms with Crippen molar-refractivity contribution in [2.45, 2.75) is 24.5 Å². The van der Waals surface area contributed by atoms with Gasteiger partial charge >= 0.3 is 36.8 Å². The fourth-order valence-corrected chi connectivity index (χ4v) is 7.31. The average molecular weight is 562 g/mol. The molecule has 8 atom stereocenters. The molecule has 2 heterocycles. The molecule has 19 nitrogen and oxygen atoms in total. The summed E-state index contributed by atoms with van der Waals surface area (Å²) in [6.45, 7) is -0.674. The number of hydrogen-bond donors (Lipinski definition) is 7. The number of aliphatic hydroxyl groups excluding tert-OH is 2. The predicted molar refractivity (Wildman–Crippen MR) is 102 cm³/mol. The van der Waals surface area contributed by atoms with Crippen molar-refractivity contribution in [2.24, 2.45) is 0 Å². The zero-order valence-corrected chi connectivity index (χ0v) is 19.7. The number of rotatable bonds is 10. The number of nitrogens with zero attached hydrogens (tertiary/aromatic N) is 1. The minimum Gasteiger partial charge on any atom is -0.387 e. The van der Waals surface area contributed by atoms with E-state index < -0.39 is 73.5 Å². The van der Waals surface area contributed by atoms with Crippen LogP contribution in [0.5, 0.6) is 0 Å². The number of nitrogens with one attached hydrogen (secondary N) is 1. The molecule has 0 amide bonds. The first-order valence-electron chi connectivity index (χ1n) is 8.21. The number of phosphoric acid groups is 3. The molecule has 7 N–H and O–H groups in total. The number of aromatic amines is 1. The summed E-state index contributed by atoms with van der Waals surface area (Å²) >= 11 is 0. The summed E-state index contributed by atoms with van der Waals surface area (Å²) in [5.74, 6) is 0. The number of phosphoric ester groups is 1. The largest absolute Gasteiger partial charge is 0.490 e. The van der Waals surface area contributed by atoms with Crippen molar-refractivity contribution < 1.29 is 70.2 Å². The lowest BCUT2D eigenvalue weighted by atomic mass is 10.1. The van der Waals surface area contributed by atoms with Crippen molar-refractivity contribution in [3.05, 3.63) is 33.1 Å². The van der Waals surface area contributed by atoms with Crippen molar-refractivity contribution >= 4 is 31.1 Å². The Kier molecular flexibility index (Phi) is 8.63. The standard InChI is InChI=1S/C10H18N2O17P4/c1-30(17,18)27-32(21,22)29-33(23,24)28-31(19,20)25-4-5-7(14)8(15)9(26-5)12-3-2-6(13)11-10(12)16/h2-3,5,7-9,14-15H,4H2,1H3,(H,17,18)(H,19,20)(H,21,22)(H,23,24)(H,11,13,16)/t5-,7-,8-,9-/m1/s1. The Morgan fingerprint density at radius 2 is 1.52 bits per heavy atom. The molecule has 1 aromatic rings. The van der Waals surface area contributed by atoms with Crippen LogP contribution >= 0.6 is 31.1 Å². The lowest BCUT2D eigenvalue weighted by molar-refractivity contribution is -0.0542. The molecule has 33 heavy (non-hydrogen) atoms. The quantitative estimate of drug-likeness (QED) is 0.157. The van der Waals surface area contributed by atoms with Crippen LogP contribution in [0.25, 0.3) is 0 Å². The van der Waals surface area contributed by atoms with Crippen LogP contribution < -0.4 is 11.2 Å². The third kappa shape index (κ3) is 8.40. The van der Waals surface area contributed by atoms with Crippen LogP contribution in [0.3, 0.4) is 0 Å². The second-order valence-corrected chi connectivity index (χ2v) is 12.9. The topological polar surface area (TPSA) is 291 Å². The number of ether oxygens (including phenoxy) is 1. The molecule has 0 spiro atoms. The van der Waals surface area contributed by atoms with Gasteiger partial charge < -0.3 is 34.5 Å². The summed E-state index contributed by atoms with van der Waals surface area (Å²) in [6, 6.07) is 0.903. The zero-order chi connectivity index (χ0) is 25.4. The SMILES string of the molecule is CP(=O)(O)OP(=O)(O)OP(=O)(O)OP(=O)(O)OC[C@H]1O[C@@H](n2ccc(=O)[nH]c2=O)[C@H](O)[C@@H]1O. The van der Waals surface area contributed by atoms with Crippen LogP contribution in [0.1, 0.15) is 6.23 Å². The molecule has 0 aromatic carbocycles. The fraction of sp³-hybridized carbons (Fsp3) is 0.600. The van der Waals surface area contributed by atoms with Gasteiger partial charge in [0.05, 0.1) is 6.61 Å². The van der Waals surface area contributed by atoms with Crippen LogP contribution in [0, 0.1) is 0 Å². The monoisotopic (exact) mass is 562 g/mol. The van der Waals surface area contributed by atoms with Gasteiger partial charge in [0.25, 0.3) is 5.56 Å². The Hall–Kier alpha value is -0.840. The summed E-state index contributed by atoms with van der Waals surface area (Å²) in [5.41, 5.74) is -1.79. The maximum absolute atomic E-state index is 11.9. The van der Waals surface area contributed by atoms with Gasteiger partial charge in [-0.3, -0.25) is 23.4 Å². The van der Waals surface area contributed by atoms with Gasteiger partial charge in [0.2, 0.25) is 0 Å². The average Bonchev–Trinajstić information content (AvgIpc) is 2.84. The van der Waals surface area contributed by atoms with Crippen molar-refractivity contribution in [1.82, 2.24) is 9.55 Å². The second-order valence-electron chi connectivity index (χ2n) is 6.31. The van der Waals surface area contributed by atoms with Gasteiger partial charge in [0.15, 0.2) is 6.23 Å². The highest BCUT2D eigenvalue weighted by Crippen LogP contribution is 2.70. The van der Waals surface area contributed by atoms with E-state index in [-0.39, 0.29) is 0 Å². The molecular weight excluding hydrogens is 544 g/mol. The van der Waals surface area contributed by atoms with Gasteiger partial charge in [-0.1, -0.05) is 0 Å². The van der Waals surface area contributed by atoms with Crippen LogP contribution in [0.4, 0.5) is 0 Å². The van der Waals surface area contributed by atoms with E-state index in [1.165, 1.54) is 0 Å². The highest BCUT2D eigenvalue weighted by molar-refractivity contribution is 7.70. The minimum absolute atomic E-state index is 0.429. The Morgan fingerprint density at radius 3 is 2.06 bits per heavy atom. The van der Waals surface area contributed by atoms with Crippen molar-refractivity contribution in [3.8, 4) is 0 Å². The lowest BCUT2D eigenvalue weighted by Crippen LogP contribution is -2.37. The van der Waals surface area contributed by atoms with Crippen LogP contribution in [0.2, 0.25) is 0 Å². The lowest BCUT2D eigenvalue weighted by Gasteiger charge is -2.20. The minimum atomic E-state index is -5.92. The molecule has 2 rings (SSSR count). The molecule has 1 aliphatic heterocycles. The van der Waals surface area contributed by atoms with E-state index in [1.807, 2.05) is 4.98 Å². The first-order chi connectivity index (χ1) is 14.8. The number of aromatic nitrogens is 2. The molecule has 0 aliphatic carbocycles. The van der Waals surface area contributed by atoms with E-state index in [4.69, 9.17) is 14.5 Å².